The van der Waals surface area contributed by atoms with Crippen molar-refractivity contribution in [3.05, 3.63) is 17.9 Å². The zero-order valence-corrected chi connectivity index (χ0v) is 8.86. The van der Waals surface area contributed by atoms with Gasteiger partial charge in [0, 0.05) is 6.07 Å². The highest BCUT2D eigenvalue weighted by Crippen LogP contribution is 2.16. The van der Waals surface area contributed by atoms with Crippen LogP contribution in [-0.2, 0) is 0 Å². The molecule has 0 atom stereocenters. The van der Waals surface area contributed by atoms with Crippen LogP contribution in [0.2, 0.25) is 0 Å². The normalized spacial score (nSPS) is 10.2. The lowest BCUT2D eigenvalue weighted by Gasteiger charge is -2.01. The number of carboxylic acid groups (broad SMARTS) is 1. The van der Waals surface area contributed by atoms with E-state index in [1.807, 2.05) is 0 Å². The van der Waals surface area contributed by atoms with Crippen molar-refractivity contribution in [3.8, 4) is 5.95 Å². The number of furan rings is 1. The van der Waals surface area contributed by atoms with Gasteiger partial charge in [-0.25, -0.2) is 4.79 Å². The predicted molar refractivity (Wildman–Crippen MR) is 55.3 cm³/mol. The smallest absolute Gasteiger partial charge is 0.371 e. The Hall–Kier alpha value is -1.45. The van der Waals surface area contributed by atoms with E-state index in [0.717, 1.165) is 12.8 Å². The van der Waals surface area contributed by atoms with E-state index >= 15 is 0 Å². The molecule has 4 nitrogen and oxygen atoms in total. The first-order valence-electron chi connectivity index (χ1n) is 5.20. The zero-order valence-electron chi connectivity index (χ0n) is 8.86. The maximum atomic E-state index is 10.5. The third-order valence-corrected chi connectivity index (χ3v) is 2.03. The molecular weight excluding hydrogens is 196 g/mol. The maximum Gasteiger partial charge on any atom is 0.371 e. The van der Waals surface area contributed by atoms with Gasteiger partial charge >= 0.3 is 5.97 Å². The molecule has 0 unspecified atom stereocenters. The van der Waals surface area contributed by atoms with Crippen molar-refractivity contribution < 1.29 is 19.1 Å². The highest BCUT2D eigenvalue weighted by Gasteiger charge is 2.08. The van der Waals surface area contributed by atoms with Gasteiger partial charge in [-0.1, -0.05) is 26.2 Å². The molecule has 1 aromatic heterocycles. The van der Waals surface area contributed by atoms with Gasteiger partial charge in [0.2, 0.25) is 5.76 Å². The first-order chi connectivity index (χ1) is 7.24. The van der Waals surface area contributed by atoms with Crippen LogP contribution in [0.5, 0.6) is 5.95 Å². The molecule has 0 fully saturated rings. The third-order valence-electron chi connectivity index (χ3n) is 2.03. The Kier molecular flexibility index (Phi) is 4.74. The Bertz CT molecular complexity index is 303. The summed E-state index contributed by atoms with van der Waals surface area (Å²) in [6.07, 6.45) is 4.48. The lowest BCUT2D eigenvalue weighted by atomic mass is 10.2. The van der Waals surface area contributed by atoms with Crippen LogP contribution < -0.4 is 4.74 Å². The Labute approximate surface area is 88.8 Å². The Balaban J connectivity index is 2.23. The standard InChI is InChI=1S/C11H16O4/c1-2-3-4-5-8-14-10-7-6-9(15-10)11(12)13/h6-7H,2-5,8H2,1H3,(H,12,13). The minimum absolute atomic E-state index is 0.0847. The number of ether oxygens (including phenoxy) is 1. The second kappa shape index (κ2) is 6.11. The summed E-state index contributed by atoms with van der Waals surface area (Å²) in [6.45, 7) is 2.72. The number of carboxylic acids is 1. The highest BCUT2D eigenvalue weighted by molar-refractivity contribution is 5.84. The van der Waals surface area contributed by atoms with Crippen LogP contribution in [0.25, 0.3) is 0 Å². The second-order valence-corrected chi connectivity index (χ2v) is 3.33. The van der Waals surface area contributed by atoms with Crippen molar-refractivity contribution in [2.45, 2.75) is 32.6 Å². The molecule has 0 aromatic carbocycles. The number of rotatable bonds is 7. The summed E-state index contributed by atoms with van der Waals surface area (Å²) < 4.78 is 10.2. The Morgan fingerprint density at radius 3 is 2.80 bits per heavy atom. The van der Waals surface area contributed by atoms with Gasteiger partial charge in [0.25, 0.3) is 5.95 Å². The first kappa shape index (κ1) is 11.6. The van der Waals surface area contributed by atoms with E-state index in [0.29, 0.717) is 6.61 Å². The molecule has 1 N–H and O–H groups in total. The molecule has 0 bridgehead atoms. The van der Waals surface area contributed by atoms with E-state index in [4.69, 9.17) is 14.3 Å². The molecular formula is C11H16O4. The molecule has 1 rings (SSSR count). The molecule has 1 aromatic rings. The van der Waals surface area contributed by atoms with E-state index < -0.39 is 5.97 Å². The van der Waals surface area contributed by atoms with Crippen molar-refractivity contribution in [2.75, 3.05) is 6.61 Å². The first-order valence-corrected chi connectivity index (χ1v) is 5.20. The molecule has 0 aliphatic rings. The van der Waals surface area contributed by atoms with Crippen molar-refractivity contribution in [1.82, 2.24) is 0 Å². The topological polar surface area (TPSA) is 59.7 Å². The van der Waals surface area contributed by atoms with Gasteiger partial charge in [0.15, 0.2) is 0 Å². The molecule has 0 amide bonds. The molecule has 0 radical (unpaired) electrons. The number of hydrogen-bond acceptors (Lipinski definition) is 3. The molecule has 0 saturated heterocycles. The van der Waals surface area contributed by atoms with E-state index in [2.05, 4.69) is 6.92 Å². The SMILES string of the molecule is CCCCCCOc1ccc(C(=O)O)o1. The van der Waals surface area contributed by atoms with Crippen molar-refractivity contribution in [1.29, 1.82) is 0 Å². The molecule has 0 saturated carbocycles. The third kappa shape index (κ3) is 4.06. The Morgan fingerprint density at radius 2 is 2.20 bits per heavy atom. The highest BCUT2D eigenvalue weighted by atomic mass is 16.6. The van der Waals surface area contributed by atoms with Gasteiger partial charge in [-0.2, -0.15) is 0 Å². The maximum absolute atomic E-state index is 10.5. The molecule has 1 heterocycles. The minimum atomic E-state index is -1.07. The molecule has 15 heavy (non-hydrogen) atoms. The van der Waals surface area contributed by atoms with Crippen LogP contribution >= 0.6 is 0 Å². The lowest BCUT2D eigenvalue weighted by Crippen LogP contribution is -1.96. The van der Waals surface area contributed by atoms with Gasteiger partial charge in [-0.05, 0) is 12.5 Å². The minimum Gasteiger partial charge on any atom is -0.475 e. The van der Waals surface area contributed by atoms with Crippen molar-refractivity contribution in [2.24, 2.45) is 0 Å². The average molecular weight is 212 g/mol. The van der Waals surface area contributed by atoms with Gasteiger partial charge < -0.3 is 14.3 Å². The summed E-state index contributed by atoms with van der Waals surface area (Å²) in [4.78, 5) is 10.5. The fourth-order valence-electron chi connectivity index (χ4n) is 1.21. The van der Waals surface area contributed by atoms with E-state index in [9.17, 15) is 4.79 Å². The molecule has 84 valence electrons. The second-order valence-electron chi connectivity index (χ2n) is 3.33. The lowest BCUT2D eigenvalue weighted by molar-refractivity contribution is 0.0653. The fourth-order valence-corrected chi connectivity index (χ4v) is 1.21. The number of unbranched alkanes of at least 4 members (excludes halogenated alkanes) is 3. The van der Waals surface area contributed by atoms with Crippen LogP contribution in [0, 0.1) is 0 Å². The van der Waals surface area contributed by atoms with Crippen molar-refractivity contribution in [3.63, 3.8) is 0 Å². The quantitative estimate of drug-likeness (QED) is 0.706. The summed E-state index contributed by atoms with van der Waals surface area (Å²) in [5.41, 5.74) is 0. The van der Waals surface area contributed by atoms with E-state index in [1.165, 1.54) is 25.0 Å². The summed E-state index contributed by atoms with van der Waals surface area (Å²) >= 11 is 0. The largest absolute Gasteiger partial charge is 0.475 e. The zero-order chi connectivity index (χ0) is 11.1. The van der Waals surface area contributed by atoms with Gasteiger partial charge in [-0.15, -0.1) is 0 Å². The van der Waals surface area contributed by atoms with Gasteiger partial charge in [0.1, 0.15) is 0 Å². The van der Waals surface area contributed by atoms with Crippen LogP contribution in [-0.4, -0.2) is 17.7 Å². The van der Waals surface area contributed by atoms with Crippen LogP contribution in [0.3, 0.4) is 0 Å². The van der Waals surface area contributed by atoms with Crippen LogP contribution in [0.1, 0.15) is 43.2 Å². The van der Waals surface area contributed by atoms with Gasteiger partial charge in [0.05, 0.1) is 6.61 Å². The fraction of sp³-hybridized carbons (Fsp3) is 0.545. The summed E-state index contributed by atoms with van der Waals surface area (Å²) in [5.74, 6) is -0.877. The monoisotopic (exact) mass is 212 g/mol. The summed E-state index contributed by atoms with van der Waals surface area (Å²) in [5, 5.41) is 8.59. The summed E-state index contributed by atoms with van der Waals surface area (Å²) in [6, 6.07) is 2.92. The van der Waals surface area contributed by atoms with Crippen molar-refractivity contribution >= 4 is 5.97 Å². The van der Waals surface area contributed by atoms with E-state index in [1.54, 1.807) is 0 Å². The molecule has 0 aliphatic carbocycles. The van der Waals surface area contributed by atoms with E-state index in [-0.39, 0.29) is 11.7 Å². The average Bonchev–Trinajstić information content (AvgIpc) is 2.66. The van der Waals surface area contributed by atoms with Gasteiger partial charge in [-0.3, -0.25) is 0 Å². The van der Waals surface area contributed by atoms with Crippen LogP contribution in [0.15, 0.2) is 16.5 Å². The Morgan fingerprint density at radius 1 is 1.40 bits per heavy atom. The van der Waals surface area contributed by atoms with Crippen LogP contribution in [0.4, 0.5) is 0 Å². The number of carbonyl (C=O) groups is 1. The molecule has 0 spiro atoms. The number of hydrogen-bond donors (Lipinski definition) is 1. The summed E-state index contributed by atoms with van der Waals surface area (Å²) in [7, 11) is 0. The molecule has 4 heteroatoms. The molecule has 0 aliphatic heterocycles. The predicted octanol–water partition coefficient (Wildman–Crippen LogP) is 2.94. The number of aromatic carboxylic acids is 1.